The van der Waals surface area contributed by atoms with Gasteiger partial charge in [-0.2, -0.15) is 13.2 Å². The fraction of sp³-hybridized carbons (Fsp3) is 0.364. The van der Waals surface area contributed by atoms with E-state index in [1.165, 1.54) is 0 Å². The Balaban J connectivity index is 3.04. The van der Waals surface area contributed by atoms with Gasteiger partial charge in [0.05, 0.1) is 16.9 Å². The average Bonchev–Trinajstić information content (AvgIpc) is 2.25. The van der Waals surface area contributed by atoms with Crippen LogP contribution in [-0.4, -0.2) is 38.1 Å². The van der Waals surface area contributed by atoms with Crippen molar-refractivity contribution in [3.63, 3.8) is 0 Å². The van der Waals surface area contributed by atoms with Crippen LogP contribution in [0.2, 0.25) is 0 Å². The number of carboxylic acids is 1. The van der Waals surface area contributed by atoms with Crippen LogP contribution in [0.5, 0.6) is 5.75 Å². The van der Waals surface area contributed by atoms with E-state index in [4.69, 9.17) is 9.84 Å². The van der Waals surface area contributed by atoms with Crippen molar-refractivity contribution in [2.75, 3.05) is 18.6 Å². The third kappa shape index (κ3) is 4.72. The molecule has 0 aliphatic heterocycles. The molecule has 0 atom stereocenters. The highest BCUT2D eigenvalue weighted by molar-refractivity contribution is 7.90. The summed E-state index contributed by atoms with van der Waals surface area (Å²) in [6.07, 6.45) is -3.87. The minimum atomic E-state index is -4.80. The molecule has 0 fully saturated rings. The van der Waals surface area contributed by atoms with E-state index in [1.807, 2.05) is 0 Å². The molecule has 0 saturated carbocycles. The van der Waals surface area contributed by atoms with E-state index in [9.17, 15) is 26.4 Å². The van der Waals surface area contributed by atoms with Crippen LogP contribution in [0, 0.1) is 0 Å². The Hall–Kier alpha value is -1.77. The molecule has 0 radical (unpaired) electrons. The van der Waals surface area contributed by atoms with Gasteiger partial charge in [-0.25, -0.2) is 13.2 Å². The topological polar surface area (TPSA) is 80.7 Å². The predicted octanol–water partition coefficient (Wildman–Crippen LogP) is 1.83. The first-order valence-electron chi connectivity index (χ1n) is 5.26. The van der Waals surface area contributed by atoms with E-state index in [0.717, 1.165) is 18.4 Å². The van der Waals surface area contributed by atoms with Crippen LogP contribution in [0.1, 0.15) is 15.9 Å². The van der Waals surface area contributed by atoms with Crippen LogP contribution >= 0.6 is 0 Å². The second-order valence-corrected chi connectivity index (χ2v) is 6.25. The highest BCUT2D eigenvalue weighted by atomic mass is 32.2. The lowest BCUT2D eigenvalue weighted by Gasteiger charge is -2.14. The van der Waals surface area contributed by atoms with Gasteiger partial charge in [-0.1, -0.05) is 0 Å². The summed E-state index contributed by atoms with van der Waals surface area (Å²) in [5.41, 5.74) is -1.79. The van der Waals surface area contributed by atoms with Gasteiger partial charge in [-0.15, -0.1) is 0 Å². The van der Waals surface area contributed by atoms with Gasteiger partial charge in [-0.3, -0.25) is 0 Å². The molecule has 1 aromatic carbocycles. The summed E-state index contributed by atoms with van der Waals surface area (Å²) in [6.45, 7) is -0.450. The molecule has 0 unspecified atom stereocenters. The zero-order valence-corrected chi connectivity index (χ0v) is 11.1. The van der Waals surface area contributed by atoms with Crippen molar-refractivity contribution in [1.82, 2.24) is 0 Å². The minimum absolute atomic E-state index is 0.440. The monoisotopic (exact) mass is 312 g/mol. The van der Waals surface area contributed by atoms with Crippen molar-refractivity contribution in [1.29, 1.82) is 0 Å². The number of ether oxygens (including phenoxy) is 1. The van der Waals surface area contributed by atoms with Crippen molar-refractivity contribution >= 4 is 15.8 Å². The van der Waals surface area contributed by atoms with Crippen LogP contribution in [0.3, 0.4) is 0 Å². The van der Waals surface area contributed by atoms with E-state index in [0.29, 0.717) is 6.07 Å². The molecule has 5 nitrogen and oxygen atoms in total. The quantitative estimate of drug-likeness (QED) is 0.897. The number of alkyl halides is 3. The van der Waals surface area contributed by atoms with Gasteiger partial charge in [0.2, 0.25) is 0 Å². The number of benzene rings is 1. The largest absolute Gasteiger partial charge is 0.492 e. The van der Waals surface area contributed by atoms with Gasteiger partial charge in [0, 0.05) is 6.26 Å². The van der Waals surface area contributed by atoms with Crippen LogP contribution < -0.4 is 4.74 Å². The SMILES string of the molecule is CS(=O)(=O)CCOc1ccc(C(=O)O)cc1C(F)(F)F. The number of aromatic carboxylic acids is 1. The van der Waals surface area contributed by atoms with E-state index < -0.39 is 51.2 Å². The maximum absolute atomic E-state index is 12.8. The molecule has 0 heterocycles. The molecule has 0 saturated heterocycles. The fourth-order valence-corrected chi connectivity index (χ4v) is 1.70. The first-order valence-corrected chi connectivity index (χ1v) is 7.32. The number of rotatable bonds is 5. The number of halogens is 3. The minimum Gasteiger partial charge on any atom is -0.492 e. The van der Waals surface area contributed by atoms with Crippen LogP contribution in [-0.2, 0) is 16.0 Å². The summed E-state index contributed by atoms with van der Waals surface area (Å²) in [5, 5.41) is 8.66. The summed E-state index contributed by atoms with van der Waals surface area (Å²) >= 11 is 0. The van der Waals surface area contributed by atoms with Gasteiger partial charge in [0.25, 0.3) is 0 Å². The molecule has 0 amide bonds. The third-order valence-electron chi connectivity index (χ3n) is 2.24. The van der Waals surface area contributed by atoms with Crippen molar-refractivity contribution in [3.05, 3.63) is 29.3 Å². The van der Waals surface area contributed by atoms with Gasteiger partial charge in [0.15, 0.2) is 9.84 Å². The lowest BCUT2D eigenvalue weighted by molar-refractivity contribution is -0.138. The smallest absolute Gasteiger partial charge is 0.419 e. The number of hydrogen-bond acceptors (Lipinski definition) is 4. The molecule has 20 heavy (non-hydrogen) atoms. The molecule has 9 heteroatoms. The second kappa shape index (κ2) is 5.70. The first-order chi connectivity index (χ1) is 9.00. The van der Waals surface area contributed by atoms with Crippen molar-refractivity contribution in [3.8, 4) is 5.75 Å². The maximum Gasteiger partial charge on any atom is 0.419 e. The number of carbonyl (C=O) groups is 1. The first kappa shape index (κ1) is 16.3. The van der Waals surface area contributed by atoms with Crippen molar-refractivity contribution in [2.45, 2.75) is 6.18 Å². The summed E-state index contributed by atoms with van der Waals surface area (Å²) < 4.78 is 64.8. The number of sulfone groups is 1. The molecule has 0 bridgehead atoms. The summed E-state index contributed by atoms with van der Waals surface area (Å²) in [4.78, 5) is 10.6. The Morgan fingerprint density at radius 2 is 1.95 bits per heavy atom. The van der Waals surface area contributed by atoms with Crippen molar-refractivity contribution in [2.24, 2.45) is 0 Å². The third-order valence-corrected chi connectivity index (χ3v) is 3.15. The molecule has 0 aromatic heterocycles. The molecule has 0 aliphatic rings. The van der Waals surface area contributed by atoms with E-state index in [1.54, 1.807) is 0 Å². The highest BCUT2D eigenvalue weighted by Crippen LogP contribution is 2.36. The van der Waals surface area contributed by atoms with Crippen LogP contribution in [0.15, 0.2) is 18.2 Å². The maximum atomic E-state index is 12.8. The van der Waals surface area contributed by atoms with E-state index in [-0.39, 0.29) is 0 Å². The lowest BCUT2D eigenvalue weighted by atomic mass is 10.1. The Kier molecular flexibility index (Phi) is 4.64. The molecule has 1 aromatic rings. The summed E-state index contributed by atoms with van der Waals surface area (Å²) in [6, 6.07) is 2.25. The lowest BCUT2D eigenvalue weighted by Crippen LogP contribution is -2.15. The predicted molar refractivity (Wildman–Crippen MR) is 63.6 cm³/mol. The fourth-order valence-electron chi connectivity index (χ4n) is 1.31. The van der Waals surface area contributed by atoms with E-state index in [2.05, 4.69) is 0 Å². The molecule has 0 spiro atoms. The molecule has 0 aliphatic carbocycles. The van der Waals surface area contributed by atoms with Crippen molar-refractivity contribution < 1.29 is 36.2 Å². The Morgan fingerprint density at radius 3 is 2.40 bits per heavy atom. The number of carboxylic acid groups (broad SMARTS) is 1. The number of hydrogen-bond donors (Lipinski definition) is 1. The molecule has 112 valence electrons. The Bertz CT molecular complexity index is 607. The standard InChI is InChI=1S/C11H11F3O5S/c1-20(17,18)5-4-19-9-3-2-7(10(15)16)6-8(9)11(12,13)14/h2-3,6H,4-5H2,1H3,(H,15,16). The van der Waals surface area contributed by atoms with Gasteiger partial charge in [-0.05, 0) is 18.2 Å². The average molecular weight is 312 g/mol. The Labute approximate surface area is 112 Å². The molecule has 1 rings (SSSR count). The summed E-state index contributed by atoms with van der Waals surface area (Å²) in [5.74, 6) is -2.55. The zero-order chi connectivity index (χ0) is 15.6. The van der Waals surface area contributed by atoms with Gasteiger partial charge >= 0.3 is 12.1 Å². The Morgan fingerprint density at radius 1 is 1.35 bits per heavy atom. The molecular weight excluding hydrogens is 301 g/mol. The molecule has 1 N–H and O–H groups in total. The van der Waals surface area contributed by atoms with Gasteiger partial charge < -0.3 is 9.84 Å². The van der Waals surface area contributed by atoms with Crippen LogP contribution in [0.25, 0.3) is 0 Å². The van der Waals surface area contributed by atoms with E-state index >= 15 is 0 Å². The van der Waals surface area contributed by atoms with Gasteiger partial charge in [0.1, 0.15) is 12.4 Å². The summed E-state index contributed by atoms with van der Waals surface area (Å²) in [7, 11) is -3.36. The van der Waals surface area contributed by atoms with Crippen LogP contribution in [0.4, 0.5) is 13.2 Å². The normalized spacial score (nSPS) is 12.2. The zero-order valence-electron chi connectivity index (χ0n) is 10.3. The molecular formula is C11H11F3O5S. The second-order valence-electron chi connectivity index (χ2n) is 3.99. The highest BCUT2D eigenvalue weighted by Gasteiger charge is 2.35.